The summed E-state index contributed by atoms with van der Waals surface area (Å²) in [6.07, 6.45) is 1.68. The molecule has 3 heterocycles. The lowest BCUT2D eigenvalue weighted by Crippen LogP contribution is -2.46. The van der Waals surface area contributed by atoms with Gasteiger partial charge in [0.2, 0.25) is 11.8 Å². The van der Waals surface area contributed by atoms with Crippen molar-refractivity contribution in [1.29, 1.82) is 0 Å². The average molecular weight is 378 g/mol. The molecule has 0 radical (unpaired) electrons. The Bertz CT molecular complexity index is 977. The van der Waals surface area contributed by atoms with E-state index in [0.717, 1.165) is 17.7 Å². The van der Waals surface area contributed by atoms with Crippen molar-refractivity contribution in [3.05, 3.63) is 66.0 Å². The average Bonchev–Trinajstić information content (AvgIpc) is 3.34. The van der Waals surface area contributed by atoms with E-state index in [9.17, 15) is 18.8 Å². The zero-order valence-electron chi connectivity index (χ0n) is 15.1. The molecule has 0 aromatic heterocycles. The van der Waals surface area contributed by atoms with E-state index >= 15 is 0 Å². The normalized spacial score (nSPS) is 29.2. The van der Waals surface area contributed by atoms with Gasteiger partial charge in [0.1, 0.15) is 5.82 Å². The van der Waals surface area contributed by atoms with Crippen LogP contribution in [-0.4, -0.2) is 41.1 Å². The first-order valence-corrected chi connectivity index (χ1v) is 9.56. The van der Waals surface area contributed by atoms with Gasteiger partial charge in [0.25, 0.3) is 0 Å². The third-order valence-electron chi connectivity index (χ3n) is 6.25. The molecule has 142 valence electrons. The molecule has 0 spiro atoms. The number of hydrogen-bond acceptors (Lipinski definition) is 4. The molecule has 0 N–H and O–H groups in total. The lowest BCUT2D eigenvalue weighted by atomic mass is 9.85. The van der Waals surface area contributed by atoms with Crippen LogP contribution < -0.4 is 4.90 Å². The first kappa shape index (κ1) is 17.3. The van der Waals surface area contributed by atoms with Gasteiger partial charge < -0.3 is 0 Å². The van der Waals surface area contributed by atoms with Gasteiger partial charge in [-0.05, 0) is 37.6 Å². The monoisotopic (exact) mass is 378 g/mol. The fourth-order valence-corrected chi connectivity index (χ4v) is 5.16. The zero-order valence-corrected chi connectivity index (χ0v) is 15.1. The molecule has 2 aromatic carbocycles. The topological polar surface area (TPSA) is 57.7 Å². The van der Waals surface area contributed by atoms with E-state index in [0.29, 0.717) is 12.1 Å². The predicted octanol–water partition coefficient (Wildman–Crippen LogP) is 2.66. The maximum atomic E-state index is 13.7. The number of amides is 2. The van der Waals surface area contributed by atoms with Gasteiger partial charge in [0.05, 0.1) is 23.6 Å². The summed E-state index contributed by atoms with van der Waals surface area (Å²) in [6, 6.07) is 13.7. The number of Topliss-reactive ketones (excluding diaryl/α,β-unsaturated/α-hetero) is 1. The van der Waals surface area contributed by atoms with Crippen LogP contribution in [0.2, 0.25) is 0 Å². The van der Waals surface area contributed by atoms with Crippen molar-refractivity contribution in [2.45, 2.75) is 24.9 Å². The summed E-state index contributed by atoms with van der Waals surface area (Å²) < 4.78 is 13.7. The molecule has 2 amide bonds. The van der Waals surface area contributed by atoms with E-state index < -0.39 is 29.6 Å². The summed E-state index contributed by atoms with van der Waals surface area (Å²) in [5, 5.41) is 0. The fraction of sp³-hybridized carbons (Fsp3) is 0.318. The quantitative estimate of drug-likeness (QED) is 0.609. The maximum Gasteiger partial charge on any atom is 0.239 e. The fourth-order valence-electron chi connectivity index (χ4n) is 5.16. The number of carbonyl (C=O) groups is 3. The number of imide groups is 1. The summed E-state index contributed by atoms with van der Waals surface area (Å²) >= 11 is 0. The third-order valence-corrected chi connectivity index (χ3v) is 6.25. The van der Waals surface area contributed by atoms with Crippen LogP contribution in [0.15, 0.2) is 54.6 Å². The minimum Gasteiger partial charge on any atom is -0.292 e. The molecule has 5 rings (SSSR count). The number of rotatable bonds is 3. The van der Waals surface area contributed by atoms with Crippen LogP contribution in [0.1, 0.15) is 23.2 Å². The highest BCUT2D eigenvalue weighted by Gasteiger charge is 2.64. The summed E-state index contributed by atoms with van der Waals surface area (Å²) in [5.74, 6) is -2.60. The molecule has 1 unspecified atom stereocenters. The van der Waals surface area contributed by atoms with Crippen molar-refractivity contribution < 1.29 is 18.8 Å². The van der Waals surface area contributed by atoms with Crippen molar-refractivity contribution in [3.63, 3.8) is 0 Å². The van der Waals surface area contributed by atoms with Gasteiger partial charge in [-0.3, -0.25) is 19.3 Å². The predicted molar refractivity (Wildman–Crippen MR) is 100 cm³/mol. The molecular weight excluding hydrogens is 359 g/mol. The molecule has 6 heteroatoms. The number of benzene rings is 2. The smallest absolute Gasteiger partial charge is 0.239 e. The van der Waals surface area contributed by atoms with Gasteiger partial charge in [0.15, 0.2) is 5.78 Å². The Morgan fingerprint density at radius 1 is 0.964 bits per heavy atom. The Kier molecular flexibility index (Phi) is 3.91. The molecular formula is C22H19FN2O3. The Morgan fingerprint density at radius 2 is 1.71 bits per heavy atom. The van der Waals surface area contributed by atoms with Crippen LogP contribution >= 0.6 is 0 Å². The van der Waals surface area contributed by atoms with E-state index in [2.05, 4.69) is 0 Å². The number of fused-ring (bicyclic) bond motifs is 3. The van der Waals surface area contributed by atoms with Gasteiger partial charge >= 0.3 is 0 Å². The second-order valence-corrected chi connectivity index (χ2v) is 7.67. The van der Waals surface area contributed by atoms with E-state index in [1.54, 1.807) is 30.3 Å². The molecule has 4 atom stereocenters. The number of hydrogen-bond donors (Lipinski definition) is 0. The molecule has 0 saturated carbocycles. The maximum absolute atomic E-state index is 13.7. The second-order valence-electron chi connectivity index (χ2n) is 7.67. The summed E-state index contributed by atoms with van der Waals surface area (Å²) in [5.41, 5.74) is 0.781. The second kappa shape index (κ2) is 6.34. The van der Waals surface area contributed by atoms with Gasteiger partial charge in [-0.25, -0.2) is 9.29 Å². The molecule has 5 nitrogen and oxygen atoms in total. The Hall–Kier alpha value is -2.86. The van der Waals surface area contributed by atoms with Crippen LogP contribution in [-0.2, 0) is 9.59 Å². The molecule has 3 aliphatic heterocycles. The highest BCUT2D eigenvalue weighted by atomic mass is 19.1. The van der Waals surface area contributed by atoms with Crippen molar-refractivity contribution in [1.82, 2.24) is 4.90 Å². The van der Waals surface area contributed by atoms with E-state index in [1.807, 2.05) is 11.0 Å². The first-order valence-electron chi connectivity index (χ1n) is 9.56. The third kappa shape index (κ3) is 2.37. The molecule has 3 saturated heterocycles. The van der Waals surface area contributed by atoms with E-state index in [-0.39, 0.29) is 23.4 Å². The van der Waals surface area contributed by atoms with E-state index in [4.69, 9.17) is 0 Å². The number of ketones is 1. The lowest BCUT2D eigenvalue weighted by Gasteiger charge is -2.27. The molecule has 3 fully saturated rings. The van der Waals surface area contributed by atoms with Crippen molar-refractivity contribution in [2.24, 2.45) is 11.8 Å². The molecule has 3 aliphatic rings. The standard InChI is InChI=1S/C22H19FN2O3/c23-14-8-4-9-15(12-14)25-21(27)17-16-10-5-11-24(16)19(18(17)22(25)28)20(26)13-6-2-1-3-7-13/h1-4,6-9,12,16-19H,5,10-11H2/t16?,17-,18-,19+/m1/s1. The van der Waals surface area contributed by atoms with Crippen LogP contribution in [0.3, 0.4) is 0 Å². The van der Waals surface area contributed by atoms with E-state index in [1.165, 1.54) is 18.2 Å². The Balaban J connectivity index is 1.56. The van der Waals surface area contributed by atoms with Crippen molar-refractivity contribution >= 4 is 23.3 Å². The molecule has 0 aliphatic carbocycles. The van der Waals surface area contributed by atoms with Crippen LogP contribution in [0.4, 0.5) is 10.1 Å². The van der Waals surface area contributed by atoms with Crippen LogP contribution in [0.5, 0.6) is 0 Å². The highest BCUT2D eigenvalue weighted by molar-refractivity contribution is 6.24. The van der Waals surface area contributed by atoms with Gasteiger partial charge in [0, 0.05) is 11.6 Å². The van der Waals surface area contributed by atoms with Crippen LogP contribution in [0, 0.1) is 17.7 Å². The lowest BCUT2D eigenvalue weighted by molar-refractivity contribution is -0.123. The first-order chi connectivity index (χ1) is 13.6. The van der Waals surface area contributed by atoms with Crippen LogP contribution in [0.25, 0.3) is 0 Å². The number of anilines is 1. The van der Waals surface area contributed by atoms with Gasteiger partial charge in [-0.1, -0.05) is 36.4 Å². The largest absolute Gasteiger partial charge is 0.292 e. The molecule has 28 heavy (non-hydrogen) atoms. The molecule has 0 bridgehead atoms. The number of nitrogens with zero attached hydrogens (tertiary/aromatic N) is 2. The Labute approximate surface area is 161 Å². The SMILES string of the molecule is O=C(c1ccccc1)[C@@H]1[C@@H]2C(=O)N(c3cccc(F)c3)C(=O)[C@@H]2C2CCCN21. The Morgan fingerprint density at radius 3 is 2.46 bits per heavy atom. The van der Waals surface area contributed by atoms with Gasteiger partial charge in [-0.15, -0.1) is 0 Å². The minimum absolute atomic E-state index is 0.113. The van der Waals surface area contributed by atoms with Gasteiger partial charge in [-0.2, -0.15) is 0 Å². The van der Waals surface area contributed by atoms with Crippen molar-refractivity contribution in [3.8, 4) is 0 Å². The zero-order chi connectivity index (χ0) is 19.4. The summed E-state index contributed by atoms with van der Waals surface area (Å²) in [4.78, 5) is 42.9. The summed E-state index contributed by atoms with van der Waals surface area (Å²) in [6.45, 7) is 0.710. The number of halogens is 1. The highest BCUT2D eigenvalue weighted by Crippen LogP contribution is 2.48. The minimum atomic E-state index is -0.714. The summed E-state index contributed by atoms with van der Waals surface area (Å²) in [7, 11) is 0. The van der Waals surface area contributed by atoms with Crippen molar-refractivity contribution in [2.75, 3.05) is 11.4 Å². The molecule has 2 aromatic rings. The number of carbonyl (C=O) groups excluding carboxylic acids is 3.